The predicted octanol–water partition coefficient (Wildman–Crippen LogP) is 3.62. The number of benzene rings is 1. The highest BCUT2D eigenvalue weighted by molar-refractivity contribution is 6.30. The number of hydrogen-bond donors (Lipinski definition) is 1. The molecule has 0 fully saturated rings. The Labute approximate surface area is 123 Å². The largest absolute Gasteiger partial charge is 0.487 e. The van der Waals surface area contributed by atoms with E-state index in [2.05, 4.69) is 37.0 Å². The number of aromatic nitrogens is 1. The lowest BCUT2D eigenvalue weighted by atomic mass is 9.98. The van der Waals surface area contributed by atoms with Gasteiger partial charge in [-0.05, 0) is 31.0 Å². The van der Waals surface area contributed by atoms with Gasteiger partial charge in [0.1, 0.15) is 16.5 Å². The van der Waals surface area contributed by atoms with Crippen molar-refractivity contribution in [3.8, 4) is 5.75 Å². The van der Waals surface area contributed by atoms with Gasteiger partial charge in [-0.2, -0.15) is 0 Å². The van der Waals surface area contributed by atoms with Crippen LogP contribution in [0.5, 0.6) is 5.75 Å². The summed E-state index contributed by atoms with van der Waals surface area (Å²) in [5, 5.41) is 0.458. The third-order valence-electron chi connectivity index (χ3n) is 3.58. The number of nitrogen functional groups attached to an aromatic ring is 1. The van der Waals surface area contributed by atoms with Crippen LogP contribution >= 0.6 is 11.6 Å². The van der Waals surface area contributed by atoms with Gasteiger partial charge in [-0.1, -0.05) is 29.8 Å². The molecule has 0 unspecified atom stereocenters. The number of fused-ring (bicyclic) bond motifs is 1. The van der Waals surface area contributed by atoms with Gasteiger partial charge >= 0.3 is 0 Å². The topological polar surface area (TPSA) is 48.1 Å². The fourth-order valence-corrected chi connectivity index (χ4v) is 2.90. The van der Waals surface area contributed by atoms with Gasteiger partial charge in [0.05, 0.1) is 0 Å². The number of rotatable bonds is 2. The highest BCUT2D eigenvalue weighted by atomic mass is 35.5. The molecular weight excluding hydrogens is 272 g/mol. The Morgan fingerprint density at radius 2 is 2.15 bits per heavy atom. The van der Waals surface area contributed by atoms with Crippen LogP contribution < -0.4 is 10.5 Å². The number of anilines is 1. The number of hydrogen-bond acceptors (Lipinski definition) is 3. The van der Waals surface area contributed by atoms with E-state index >= 15 is 0 Å². The minimum absolute atomic E-state index is 0.150. The second kappa shape index (κ2) is 4.67. The van der Waals surface area contributed by atoms with E-state index in [1.807, 2.05) is 0 Å². The standard InChI is InChI=1S/C16H17ClN2O/c1-16(2)9-11-5-3-4-10(14(11)20-16)8-12-13(18)6-7-19-15(12)17/h3-7H,8-9H2,1-2H3,(H2,18,19). The van der Waals surface area contributed by atoms with Gasteiger partial charge in [0, 0.05) is 30.3 Å². The number of pyridine rings is 1. The normalized spacial score (nSPS) is 15.8. The predicted molar refractivity (Wildman–Crippen MR) is 81.3 cm³/mol. The van der Waals surface area contributed by atoms with E-state index in [0.29, 0.717) is 17.3 Å². The molecule has 0 atom stereocenters. The molecule has 1 aromatic heterocycles. The first-order valence-electron chi connectivity index (χ1n) is 6.65. The zero-order valence-electron chi connectivity index (χ0n) is 11.6. The number of para-hydroxylation sites is 1. The molecule has 104 valence electrons. The molecule has 0 aliphatic carbocycles. The molecule has 1 aromatic carbocycles. The van der Waals surface area contributed by atoms with Gasteiger partial charge in [0.2, 0.25) is 0 Å². The third-order valence-corrected chi connectivity index (χ3v) is 3.91. The second-order valence-electron chi connectivity index (χ2n) is 5.79. The molecule has 2 heterocycles. The Kier molecular flexibility index (Phi) is 3.09. The van der Waals surface area contributed by atoms with E-state index in [9.17, 15) is 0 Å². The van der Waals surface area contributed by atoms with Crippen molar-refractivity contribution in [1.29, 1.82) is 0 Å². The van der Waals surface area contributed by atoms with Crippen molar-refractivity contribution in [3.05, 3.63) is 52.3 Å². The lowest BCUT2D eigenvalue weighted by molar-refractivity contribution is 0.137. The molecule has 1 aliphatic heterocycles. The van der Waals surface area contributed by atoms with E-state index in [1.165, 1.54) is 5.56 Å². The first-order valence-corrected chi connectivity index (χ1v) is 7.03. The molecule has 0 radical (unpaired) electrons. The van der Waals surface area contributed by atoms with Crippen molar-refractivity contribution in [1.82, 2.24) is 4.98 Å². The Balaban J connectivity index is 2.00. The summed E-state index contributed by atoms with van der Waals surface area (Å²) in [6.07, 6.45) is 3.18. The third kappa shape index (κ3) is 2.34. The SMILES string of the molecule is CC1(C)Cc2cccc(Cc3c(N)ccnc3Cl)c2O1. The number of nitrogens with two attached hydrogens (primary N) is 1. The molecule has 1 aliphatic rings. The van der Waals surface area contributed by atoms with Crippen LogP contribution in [0.3, 0.4) is 0 Å². The molecule has 0 bridgehead atoms. The van der Waals surface area contributed by atoms with Crippen molar-refractivity contribution < 1.29 is 4.74 Å². The van der Waals surface area contributed by atoms with E-state index in [1.54, 1.807) is 12.3 Å². The molecule has 0 saturated carbocycles. The van der Waals surface area contributed by atoms with Gasteiger partial charge < -0.3 is 10.5 Å². The zero-order valence-corrected chi connectivity index (χ0v) is 12.4. The van der Waals surface area contributed by atoms with Crippen molar-refractivity contribution >= 4 is 17.3 Å². The molecular formula is C16H17ClN2O. The number of nitrogens with zero attached hydrogens (tertiary/aromatic N) is 1. The van der Waals surface area contributed by atoms with Crippen molar-refractivity contribution in [2.45, 2.75) is 32.3 Å². The van der Waals surface area contributed by atoms with E-state index in [0.717, 1.165) is 23.3 Å². The molecule has 4 heteroatoms. The smallest absolute Gasteiger partial charge is 0.134 e. The van der Waals surface area contributed by atoms with E-state index in [-0.39, 0.29) is 5.60 Å². The van der Waals surface area contributed by atoms with E-state index < -0.39 is 0 Å². The zero-order chi connectivity index (χ0) is 14.3. The summed E-state index contributed by atoms with van der Waals surface area (Å²) in [7, 11) is 0. The van der Waals surface area contributed by atoms with Gasteiger partial charge in [-0.3, -0.25) is 0 Å². The van der Waals surface area contributed by atoms with Crippen LogP contribution in [0.15, 0.2) is 30.5 Å². The van der Waals surface area contributed by atoms with Gasteiger partial charge in [-0.15, -0.1) is 0 Å². The summed E-state index contributed by atoms with van der Waals surface area (Å²) in [5.74, 6) is 0.969. The molecule has 2 N–H and O–H groups in total. The molecule has 0 saturated heterocycles. The highest BCUT2D eigenvalue weighted by Gasteiger charge is 2.31. The number of halogens is 1. The quantitative estimate of drug-likeness (QED) is 0.859. The van der Waals surface area contributed by atoms with Crippen LogP contribution in [0.2, 0.25) is 5.15 Å². The van der Waals surface area contributed by atoms with Crippen molar-refractivity contribution in [2.24, 2.45) is 0 Å². The molecule has 0 spiro atoms. The Hall–Kier alpha value is -1.74. The average molecular weight is 289 g/mol. The maximum absolute atomic E-state index is 6.15. The summed E-state index contributed by atoms with van der Waals surface area (Å²) < 4.78 is 6.07. The Morgan fingerprint density at radius 1 is 1.35 bits per heavy atom. The fourth-order valence-electron chi connectivity index (χ4n) is 2.66. The van der Waals surface area contributed by atoms with Crippen LogP contribution in [0.4, 0.5) is 5.69 Å². The maximum atomic E-state index is 6.15. The minimum atomic E-state index is -0.150. The summed E-state index contributed by atoms with van der Waals surface area (Å²) in [6, 6.07) is 8.00. The lowest BCUT2D eigenvalue weighted by Crippen LogP contribution is -2.24. The lowest BCUT2D eigenvalue weighted by Gasteiger charge is -2.18. The molecule has 20 heavy (non-hydrogen) atoms. The Morgan fingerprint density at radius 3 is 2.90 bits per heavy atom. The molecule has 2 aromatic rings. The monoisotopic (exact) mass is 288 g/mol. The fraction of sp³-hybridized carbons (Fsp3) is 0.312. The molecule has 3 nitrogen and oxygen atoms in total. The summed E-state index contributed by atoms with van der Waals surface area (Å²) >= 11 is 6.15. The van der Waals surface area contributed by atoms with Crippen LogP contribution in [-0.4, -0.2) is 10.6 Å². The van der Waals surface area contributed by atoms with Crippen LogP contribution in [0.25, 0.3) is 0 Å². The first kappa shape index (κ1) is 13.3. The van der Waals surface area contributed by atoms with E-state index in [4.69, 9.17) is 22.1 Å². The van der Waals surface area contributed by atoms with Gasteiger partial charge in [-0.25, -0.2) is 4.98 Å². The molecule has 3 rings (SSSR count). The van der Waals surface area contributed by atoms with Crippen molar-refractivity contribution in [3.63, 3.8) is 0 Å². The van der Waals surface area contributed by atoms with Crippen molar-refractivity contribution in [2.75, 3.05) is 5.73 Å². The first-order chi connectivity index (χ1) is 9.46. The van der Waals surface area contributed by atoms with Crippen LogP contribution in [0, 0.1) is 0 Å². The van der Waals surface area contributed by atoms with Gasteiger partial charge in [0.25, 0.3) is 0 Å². The van der Waals surface area contributed by atoms with Crippen LogP contribution in [0.1, 0.15) is 30.5 Å². The summed E-state index contributed by atoms with van der Waals surface area (Å²) in [5.41, 5.74) is 9.72. The van der Waals surface area contributed by atoms with Gasteiger partial charge in [0.15, 0.2) is 0 Å². The Bertz CT molecular complexity index is 647. The molecule has 0 amide bonds. The second-order valence-corrected chi connectivity index (χ2v) is 6.15. The average Bonchev–Trinajstić information content (AvgIpc) is 2.69. The summed E-state index contributed by atoms with van der Waals surface area (Å²) in [4.78, 5) is 4.10. The minimum Gasteiger partial charge on any atom is -0.487 e. The van der Waals surface area contributed by atoms with Crippen LogP contribution in [-0.2, 0) is 12.8 Å². The number of ether oxygens (including phenoxy) is 1. The maximum Gasteiger partial charge on any atom is 0.134 e. The highest BCUT2D eigenvalue weighted by Crippen LogP contribution is 2.39. The summed E-state index contributed by atoms with van der Waals surface area (Å²) in [6.45, 7) is 4.20.